The summed E-state index contributed by atoms with van der Waals surface area (Å²) in [6, 6.07) is 0. The molecule has 1 N–H and O–H groups in total. The van der Waals surface area contributed by atoms with E-state index in [0.717, 1.165) is 19.5 Å². The van der Waals surface area contributed by atoms with E-state index in [4.69, 9.17) is 0 Å². The molecule has 0 aliphatic carbocycles. The molecule has 0 fully saturated rings. The highest BCUT2D eigenvalue weighted by atomic mass is 15.4. The predicted molar refractivity (Wildman–Crippen MR) is 61.8 cm³/mol. The molecule has 1 aromatic heterocycles. The Bertz CT molecular complexity index is 291. The molecule has 0 saturated carbocycles. The molecule has 0 spiro atoms. The number of nitrogens with zero attached hydrogens (tertiary/aromatic N) is 3. The van der Waals surface area contributed by atoms with Gasteiger partial charge < -0.3 is 5.32 Å². The normalized spacial score (nSPS) is 12.0. The average Bonchev–Trinajstić information content (AvgIpc) is 2.60. The van der Waals surface area contributed by atoms with Gasteiger partial charge in [0.1, 0.15) is 0 Å². The molecule has 1 aromatic rings. The monoisotopic (exact) mass is 210 g/mol. The van der Waals surface area contributed by atoms with E-state index in [1.807, 2.05) is 17.9 Å². The Hall–Kier alpha value is -0.900. The summed E-state index contributed by atoms with van der Waals surface area (Å²) in [7, 11) is 1.95. The van der Waals surface area contributed by atoms with E-state index in [0.29, 0.717) is 0 Å². The number of aryl methyl sites for hydroxylation is 1. The molecule has 0 aliphatic heterocycles. The van der Waals surface area contributed by atoms with Crippen molar-refractivity contribution < 1.29 is 0 Å². The fraction of sp³-hybridized carbons (Fsp3) is 0.818. The van der Waals surface area contributed by atoms with Gasteiger partial charge in [0.05, 0.1) is 11.9 Å². The topological polar surface area (TPSA) is 42.7 Å². The minimum absolute atomic E-state index is 0.138. The van der Waals surface area contributed by atoms with Gasteiger partial charge in [-0.05, 0) is 25.9 Å². The van der Waals surface area contributed by atoms with E-state index >= 15 is 0 Å². The van der Waals surface area contributed by atoms with E-state index in [2.05, 4.69) is 36.4 Å². The van der Waals surface area contributed by atoms with Crippen molar-refractivity contribution >= 4 is 0 Å². The number of nitrogens with one attached hydrogen (secondary N) is 1. The van der Waals surface area contributed by atoms with Gasteiger partial charge in [0.2, 0.25) is 0 Å². The van der Waals surface area contributed by atoms with Crippen molar-refractivity contribution in [1.82, 2.24) is 20.3 Å². The van der Waals surface area contributed by atoms with Gasteiger partial charge in [-0.25, -0.2) is 0 Å². The van der Waals surface area contributed by atoms with Gasteiger partial charge in [-0.1, -0.05) is 26.0 Å². The summed E-state index contributed by atoms with van der Waals surface area (Å²) in [4.78, 5) is 0. The van der Waals surface area contributed by atoms with Crippen LogP contribution in [0.5, 0.6) is 0 Å². The molecule has 15 heavy (non-hydrogen) atoms. The van der Waals surface area contributed by atoms with Gasteiger partial charge in [0.25, 0.3) is 0 Å². The number of hydrogen-bond acceptors (Lipinski definition) is 3. The first-order valence-corrected chi connectivity index (χ1v) is 5.64. The van der Waals surface area contributed by atoms with E-state index in [-0.39, 0.29) is 5.41 Å². The third-order valence-electron chi connectivity index (χ3n) is 2.76. The summed E-state index contributed by atoms with van der Waals surface area (Å²) in [5, 5.41) is 11.3. The fourth-order valence-electron chi connectivity index (χ4n) is 1.73. The minimum Gasteiger partial charge on any atom is -0.317 e. The van der Waals surface area contributed by atoms with Crippen LogP contribution in [0.25, 0.3) is 0 Å². The fourth-order valence-corrected chi connectivity index (χ4v) is 1.73. The van der Waals surface area contributed by atoms with Crippen molar-refractivity contribution in [3.63, 3.8) is 0 Å². The van der Waals surface area contributed by atoms with Crippen LogP contribution >= 0.6 is 0 Å². The Labute approximate surface area is 92.1 Å². The molecule has 0 aromatic carbocycles. The Morgan fingerprint density at radius 3 is 2.67 bits per heavy atom. The second kappa shape index (κ2) is 5.26. The van der Waals surface area contributed by atoms with Crippen LogP contribution in [0, 0.1) is 0 Å². The first-order valence-electron chi connectivity index (χ1n) is 5.64. The molecular formula is C11H22N4. The summed E-state index contributed by atoms with van der Waals surface area (Å²) in [5.41, 5.74) is 1.33. The lowest BCUT2D eigenvalue weighted by molar-refractivity contribution is 0.425. The lowest BCUT2D eigenvalue weighted by Crippen LogP contribution is -2.27. The second-order valence-corrected chi connectivity index (χ2v) is 4.63. The minimum atomic E-state index is 0.138. The summed E-state index contributed by atoms with van der Waals surface area (Å²) >= 11 is 0. The highest BCUT2D eigenvalue weighted by molar-refractivity contribution is 5.09. The Morgan fingerprint density at radius 1 is 1.40 bits per heavy atom. The van der Waals surface area contributed by atoms with Gasteiger partial charge in [-0.15, -0.1) is 5.10 Å². The maximum atomic E-state index is 3.97. The second-order valence-electron chi connectivity index (χ2n) is 4.63. The van der Waals surface area contributed by atoms with Crippen molar-refractivity contribution in [1.29, 1.82) is 0 Å². The molecule has 86 valence electrons. The highest BCUT2D eigenvalue weighted by Crippen LogP contribution is 2.24. The van der Waals surface area contributed by atoms with Crippen LogP contribution in [-0.4, -0.2) is 28.1 Å². The molecule has 1 heterocycles. The highest BCUT2D eigenvalue weighted by Gasteiger charge is 2.23. The third kappa shape index (κ3) is 3.30. The van der Waals surface area contributed by atoms with E-state index in [1.54, 1.807) is 0 Å². The zero-order valence-electron chi connectivity index (χ0n) is 10.2. The Kier molecular flexibility index (Phi) is 4.27. The Morgan fingerprint density at radius 2 is 2.13 bits per heavy atom. The van der Waals surface area contributed by atoms with Crippen LogP contribution < -0.4 is 5.32 Å². The quantitative estimate of drug-likeness (QED) is 0.723. The molecule has 4 heteroatoms. The lowest BCUT2D eigenvalue weighted by atomic mass is 9.86. The first kappa shape index (κ1) is 12.2. The average molecular weight is 210 g/mol. The van der Waals surface area contributed by atoms with Crippen LogP contribution in [0.1, 0.15) is 39.3 Å². The van der Waals surface area contributed by atoms with E-state index in [1.165, 1.54) is 12.1 Å². The van der Waals surface area contributed by atoms with Crippen LogP contribution in [0.15, 0.2) is 6.20 Å². The standard InChI is InChI=1S/C11H22N4/c1-5-7-12-8-6-11(2,3)10-9-13-14-15(10)4/h9,12H,5-8H2,1-4H3. The Balaban J connectivity index is 2.48. The molecule has 4 nitrogen and oxygen atoms in total. The molecule has 0 aliphatic rings. The maximum Gasteiger partial charge on any atom is 0.0730 e. The first-order chi connectivity index (χ1) is 7.08. The number of aromatic nitrogens is 3. The smallest absolute Gasteiger partial charge is 0.0730 e. The molecule has 1 rings (SSSR count). The van der Waals surface area contributed by atoms with Crippen LogP contribution in [0.2, 0.25) is 0 Å². The van der Waals surface area contributed by atoms with E-state index < -0.39 is 0 Å². The largest absolute Gasteiger partial charge is 0.317 e. The predicted octanol–water partition coefficient (Wildman–Crippen LogP) is 1.48. The van der Waals surface area contributed by atoms with Crippen molar-refractivity contribution in [2.45, 2.75) is 39.0 Å². The molecular weight excluding hydrogens is 188 g/mol. The van der Waals surface area contributed by atoms with Crippen molar-refractivity contribution in [2.75, 3.05) is 13.1 Å². The number of hydrogen-bond donors (Lipinski definition) is 1. The maximum absolute atomic E-state index is 3.97. The van der Waals surface area contributed by atoms with Gasteiger partial charge in [-0.3, -0.25) is 4.68 Å². The van der Waals surface area contributed by atoms with Gasteiger partial charge in [-0.2, -0.15) is 0 Å². The summed E-state index contributed by atoms with van der Waals surface area (Å²) in [6.07, 6.45) is 4.15. The summed E-state index contributed by atoms with van der Waals surface area (Å²) < 4.78 is 1.86. The summed E-state index contributed by atoms with van der Waals surface area (Å²) in [5.74, 6) is 0. The zero-order valence-corrected chi connectivity index (χ0v) is 10.2. The van der Waals surface area contributed by atoms with Gasteiger partial charge in [0.15, 0.2) is 0 Å². The molecule has 0 amide bonds. The van der Waals surface area contributed by atoms with Crippen LogP contribution in [-0.2, 0) is 12.5 Å². The lowest BCUT2D eigenvalue weighted by Gasteiger charge is -2.24. The molecule has 0 bridgehead atoms. The van der Waals surface area contributed by atoms with Crippen LogP contribution in [0.4, 0.5) is 0 Å². The SMILES string of the molecule is CCCNCCC(C)(C)c1cnnn1C. The van der Waals surface area contributed by atoms with Gasteiger partial charge in [0, 0.05) is 12.5 Å². The zero-order chi connectivity index (χ0) is 11.3. The third-order valence-corrected chi connectivity index (χ3v) is 2.76. The van der Waals surface area contributed by atoms with Crippen molar-refractivity contribution in [2.24, 2.45) is 7.05 Å². The molecule has 0 saturated heterocycles. The van der Waals surface area contributed by atoms with Crippen molar-refractivity contribution in [3.8, 4) is 0 Å². The van der Waals surface area contributed by atoms with E-state index in [9.17, 15) is 0 Å². The number of rotatable bonds is 6. The van der Waals surface area contributed by atoms with Gasteiger partial charge >= 0.3 is 0 Å². The molecule has 0 unspecified atom stereocenters. The summed E-state index contributed by atoms with van der Waals surface area (Å²) in [6.45, 7) is 8.80. The van der Waals surface area contributed by atoms with Crippen LogP contribution in [0.3, 0.4) is 0 Å². The molecule has 0 radical (unpaired) electrons. The van der Waals surface area contributed by atoms with Crippen molar-refractivity contribution in [3.05, 3.63) is 11.9 Å². The molecule has 0 atom stereocenters.